The molecular weight excluding hydrogens is 252 g/mol. The second-order valence-corrected chi connectivity index (χ2v) is 5.86. The van der Waals surface area contributed by atoms with E-state index >= 15 is 0 Å². The first-order valence-electron chi connectivity index (χ1n) is 7.67. The molecule has 2 heterocycles. The van der Waals surface area contributed by atoms with Crippen LogP contribution in [-0.4, -0.2) is 71.1 Å². The van der Waals surface area contributed by atoms with E-state index in [0.29, 0.717) is 6.04 Å². The van der Waals surface area contributed by atoms with Crippen LogP contribution in [0.4, 0.5) is 0 Å². The number of aromatic nitrogens is 3. The number of hydrogen-bond acceptors (Lipinski definition) is 5. The van der Waals surface area contributed by atoms with Crippen molar-refractivity contribution in [1.29, 1.82) is 0 Å². The molecule has 0 bridgehead atoms. The van der Waals surface area contributed by atoms with E-state index in [-0.39, 0.29) is 0 Å². The van der Waals surface area contributed by atoms with Gasteiger partial charge < -0.3 is 10.2 Å². The molecule has 6 heteroatoms. The minimum absolute atomic E-state index is 0.708. The van der Waals surface area contributed by atoms with Crippen molar-refractivity contribution in [3.63, 3.8) is 0 Å². The molecule has 1 fully saturated rings. The van der Waals surface area contributed by atoms with Crippen molar-refractivity contribution in [2.45, 2.75) is 38.9 Å². The van der Waals surface area contributed by atoms with Gasteiger partial charge in [-0.05, 0) is 40.0 Å². The van der Waals surface area contributed by atoms with Gasteiger partial charge in [-0.2, -0.15) is 0 Å². The van der Waals surface area contributed by atoms with Gasteiger partial charge in [-0.3, -0.25) is 9.58 Å². The van der Waals surface area contributed by atoms with Crippen molar-refractivity contribution < 1.29 is 0 Å². The molecule has 0 aliphatic carbocycles. The molecular formula is C14H28N6. The summed E-state index contributed by atoms with van der Waals surface area (Å²) in [6, 6.07) is 0.708. The average molecular weight is 280 g/mol. The van der Waals surface area contributed by atoms with Gasteiger partial charge in [-0.1, -0.05) is 12.1 Å². The first-order valence-corrected chi connectivity index (χ1v) is 7.67. The van der Waals surface area contributed by atoms with Gasteiger partial charge in [0.25, 0.3) is 0 Å². The molecule has 0 saturated carbocycles. The van der Waals surface area contributed by atoms with Crippen LogP contribution in [0.5, 0.6) is 0 Å². The molecule has 114 valence electrons. The van der Waals surface area contributed by atoms with Crippen molar-refractivity contribution in [2.24, 2.45) is 0 Å². The van der Waals surface area contributed by atoms with E-state index in [1.165, 1.54) is 19.5 Å². The van der Waals surface area contributed by atoms with Crippen LogP contribution in [0.25, 0.3) is 0 Å². The number of likely N-dealkylation sites (tertiary alicyclic amines) is 1. The summed E-state index contributed by atoms with van der Waals surface area (Å²) >= 11 is 0. The average Bonchev–Trinajstić information content (AvgIpc) is 3.05. The highest BCUT2D eigenvalue weighted by molar-refractivity contribution is 4.91. The van der Waals surface area contributed by atoms with Crippen LogP contribution in [0.15, 0.2) is 6.20 Å². The maximum Gasteiger partial charge on any atom is 0.0964 e. The van der Waals surface area contributed by atoms with Crippen LogP contribution in [0.3, 0.4) is 0 Å². The Morgan fingerprint density at radius 3 is 2.95 bits per heavy atom. The minimum atomic E-state index is 0.708. The number of nitrogens with zero attached hydrogens (tertiary/aromatic N) is 5. The standard InChI is InChI=1S/C14H28N6/c1-4-6-15-10-13-11-20(17-16-13)9-8-19-7-5-14(12-19)18(2)3/h11,14-15H,4-10,12H2,1-3H3. The van der Waals surface area contributed by atoms with Crippen molar-refractivity contribution in [3.05, 3.63) is 11.9 Å². The Labute approximate surface area is 122 Å². The molecule has 6 nitrogen and oxygen atoms in total. The number of rotatable bonds is 8. The van der Waals surface area contributed by atoms with E-state index in [9.17, 15) is 0 Å². The Morgan fingerprint density at radius 2 is 2.25 bits per heavy atom. The highest BCUT2D eigenvalue weighted by Crippen LogP contribution is 2.12. The van der Waals surface area contributed by atoms with Gasteiger partial charge in [0, 0.05) is 31.9 Å². The minimum Gasteiger partial charge on any atom is -0.311 e. The van der Waals surface area contributed by atoms with E-state index in [1.807, 2.05) is 4.68 Å². The van der Waals surface area contributed by atoms with Gasteiger partial charge in [0.05, 0.1) is 12.2 Å². The lowest BCUT2D eigenvalue weighted by atomic mass is 10.2. The molecule has 20 heavy (non-hydrogen) atoms. The van der Waals surface area contributed by atoms with Crippen LogP contribution >= 0.6 is 0 Å². The predicted octanol–water partition coefficient (Wildman–Crippen LogP) is 0.414. The zero-order valence-electron chi connectivity index (χ0n) is 13.0. The molecule has 1 aromatic rings. The molecule has 2 rings (SSSR count). The highest BCUT2D eigenvalue weighted by Gasteiger charge is 2.23. The molecule has 0 radical (unpaired) electrons. The van der Waals surface area contributed by atoms with E-state index in [4.69, 9.17) is 0 Å². The van der Waals surface area contributed by atoms with E-state index in [0.717, 1.165) is 38.3 Å². The topological polar surface area (TPSA) is 49.2 Å². The Kier molecular flexibility index (Phi) is 5.94. The molecule has 1 N–H and O–H groups in total. The molecule has 1 aromatic heterocycles. The maximum atomic E-state index is 4.20. The second kappa shape index (κ2) is 7.71. The van der Waals surface area contributed by atoms with Gasteiger partial charge in [-0.15, -0.1) is 5.10 Å². The summed E-state index contributed by atoms with van der Waals surface area (Å²) in [4.78, 5) is 4.84. The quantitative estimate of drug-likeness (QED) is 0.699. The molecule has 1 aliphatic rings. The normalized spacial score (nSPS) is 20.1. The van der Waals surface area contributed by atoms with Gasteiger partial charge in [0.1, 0.15) is 0 Å². The van der Waals surface area contributed by atoms with Crippen LogP contribution in [0.1, 0.15) is 25.5 Å². The van der Waals surface area contributed by atoms with E-state index in [1.54, 1.807) is 0 Å². The summed E-state index contributed by atoms with van der Waals surface area (Å²) in [6.45, 7) is 8.39. The molecule has 0 amide bonds. The van der Waals surface area contributed by atoms with Crippen molar-refractivity contribution in [2.75, 3.05) is 40.3 Å². The molecule has 0 spiro atoms. The third-order valence-electron chi connectivity index (χ3n) is 3.94. The molecule has 1 unspecified atom stereocenters. The van der Waals surface area contributed by atoms with Gasteiger partial charge in [0.15, 0.2) is 0 Å². The maximum absolute atomic E-state index is 4.20. The summed E-state index contributed by atoms with van der Waals surface area (Å²) in [5.41, 5.74) is 1.03. The molecule has 1 saturated heterocycles. The summed E-state index contributed by atoms with van der Waals surface area (Å²) in [5.74, 6) is 0. The Morgan fingerprint density at radius 1 is 1.40 bits per heavy atom. The largest absolute Gasteiger partial charge is 0.311 e. The third kappa shape index (κ3) is 4.54. The summed E-state index contributed by atoms with van der Waals surface area (Å²) in [6.07, 6.45) is 4.48. The van der Waals surface area contributed by atoms with E-state index < -0.39 is 0 Å². The lowest BCUT2D eigenvalue weighted by Crippen LogP contribution is -2.32. The smallest absolute Gasteiger partial charge is 0.0964 e. The fourth-order valence-corrected chi connectivity index (χ4v) is 2.60. The number of hydrogen-bond donors (Lipinski definition) is 1. The van der Waals surface area contributed by atoms with Crippen molar-refractivity contribution >= 4 is 0 Å². The monoisotopic (exact) mass is 280 g/mol. The fraction of sp³-hybridized carbons (Fsp3) is 0.857. The molecule has 1 aliphatic heterocycles. The van der Waals surface area contributed by atoms with Crippen molar-refractivity contribution in [1.82, 2.24) is 30.1 Å². The Hall–Kier alpha value is -0.980. The lowest BCUT2D eigenvalue weighted by Gasteiger charge is -2.20. The SMILES string of the molecule is CCCNCc1cn(CCN2CCC(N(C)C)C2)nn1. The van der Waals surface area contributed by atoms with E-state index in [2.05, 4.69) is 52.6 Å². The predicted molar refractivity (Wildman–Crippen MR) is 80.6 cm³/mol. The zero-order chi connectivity index (χ0) is 14.4. The second-order valence-electron chi connectivity index (χ2n) is 5.86. The zero-order valence-corrected chi connectivity index (χ0v) is 13.0. The lowest BCUT2D eigenvalue weighted by molar-refractivity contribution is 0.260. The first-order chi connectivity index (χ1) is 9.69. The van der Waals surface area contributed by atoms with Crippen LogP contribution in [-0.2, 0) is 13.1 Å². The number of likely N-dealkylation sites (N-methyl/N-ethyl adjacent to an activating group) is 1. The Balaban J connectivity index is 1.69. The summed E-state index contributed by atoms with van der Waals surface area (Å²) in [7, 11) is 4.34. The third-order valence-corrected chi connectivity index (χ3v) is 3.94. The van der Waals surface area contributed by atoms with Crippen molar-refractivity contribution in [3.8, 4) is 0 Å². The molecule has 1 atom stereocenters. The summed E-state index contributed by atoms with van der Waals surface area (Å²) in [5, 5.41) is 11.7. The highest BCUT2D eigenvalue weighted by atomic mass is 15.4. The van der Waals surface area contributed by atoms with Gasteiger partial charge in [-0.25, -0.2) is 0 Å². The van der Waals surface area contributed by atoms with Gasteiger partial charge in [0.2, 0.25) is 0 Å². The molecule has 0 aromatic carbocycles. The fourth-order valence-electron chi connectivity index (χ4n) is 2.60. The van der Waals surface area contributed by atoms with Gasteiger partial charge >= 0.3 is 0 Å². The number of nitrogens with one attached hydrogen (secondary N) is 1. The summed E-state index contributed by atoms with van der Waals surface area (Å²) < 4.78 is 1.96. The first kappa shape index (κ1) is 15.4. The van der Waals surface area contributed by atoms with Crippen LogP contribution in [0.2, 0.25) is 0 Å². The Bertz CT molecular complexity index is 389. The van der Waals surface area contributed by atoms with Crippen LogP contribution in [0, 0.1) is 0 Å². The van der Waals surface area contributed by atoms with Crippen LogP contribution < -0.4 is 5.32 Å².